The summed E-state index contributed by atoms with van der Waals surface area (Å²) < 4.78 is 12.5. The molecule has 1 N–H and O–H groups in total. The summed E-state index contributed by atoms with van der Waals surface area (Å²) in [7, 11) is 0. The number of hydrogen-bond acceptors (Lipinski definition) is 5. The van der Waals surface area contributed by atoms with E-state index in [1.807, 2.05) is 42.5 Å². The van der Waals surface area contributed by atoms with Crippen LogP contribution in [-0.4, -0.2) is 36.2 Å². The van der Waals surface area contributed by atoms with Crippen LogP contribution in [0, 0.1) is 0 Å². The number of fused-ring (bicyclic) bond motifs is 5. The van der Waals surface area contributed by atoms with Gasteiger partial charge in [-0.05, 0) is 37.7 Å². The molecule has 0 fully saturated rings. The lowest BCUT2D eigenvalue weighted by atomic mass is 10.0. The number of hydrogen-bond donors (Lipinski definition) is 1. The summed E-state index contributed by atoms with van der Waals surface area (Å²) in [5.41, 5.74) is 2.78. The van der Waals surface area contributed by atoms with Crippen LogP contribution in [-0.2, 0) is 6.61 Å². The SMILES string of the molecule is CCN(CC)CCCOc1cccc2c1Oc1ccccc1-c1c-2sc(CO)c1Cl. The standard InChI is InChI=1S/C24H26ClNO3S/c1-3-26(4-2)13-8-14-28-19-12-7-10-17-23(19)29-18-11-6-5-9-16(18)21-22(25)20(15-27)30-24(17)21/h5-7,9-12,27H,3-4,8,13-15H2,1-2H3. The van der Waals surface area contributed by atoms with Gasteiger partial charge in [-0.1, -0.05) is 49.7 Å². The molecule has 4 nitrogen and oxygen atoms in total. The Morgan fingerprint density at radius 3 is 2.60 bits per heavy atom. The third kappa shape index (κ3) is 3.95. The van der Waals surface area contributed by atoms with Crippen LogP contribution in [0.1, 0.15) is 25.1 Å². The number of nitrogens with zero attached hydrogens (tertiary/aromatic N) is 1. The van der Waals surface area contributed by atoms with Crippen molar-refractivity contribution in [3.8, 4) is 38.8 Å². The zero-order valence-corrected chi connectivity index (χ0v) is 18.9. The van der Waals surface area contributed by atoms with E-state index in [1.165, 1.54) is 11.3 Å². The van der Waals surface area contributed by atoms with Crippen LogP contribution in [0.5, 0.6) is 17.2 Å². The highest BCUT2D eigenvalue weighted by Gasteiger charge is 2.28. The Bertz CT molecular complexity index is 1030. The topological polar surface area (TPSA) is 41.9 Å². The molecule has 4 rings (SSSR count). The second kappa shape index (κ2) is 9.40. The highest BCUT2D eigenvalue weighted by molar-refractivity contribution is 7.17. The molecule has 0 amide bonds. The Hall–Kier alpha value is -2.05. The van der Waals surface area contributed by atoms with E-state index < -0.39 is 0 Å². The van der Waals surface area contributed by atoms with E-state index in [4.69, 9.17) is 21.1 Å². The highest BCUT2D eigenvalue weighted by Crippen LogP contribution is 2.55. The first-order valence-corrected chi connectivity index (χ1v) is 11.5. The molecule has 0 unspecified atom stereocenters. The van der Waals surface area contributed by atoms with Gasteiger partial charge >= 0.3 is 0 Å². The van der Waals surface area contributed by atoms with E-state index in [0.717, 1.165) is 64.0 Å². The van der Waals surface area contributed by atoms with Gasteiger partial charge in [-0.15, -0.1) is 11.3 Å². The maximum absolute atomic E-state index is 9.78. The number of rotatable bonds is 8. The van der Waals surface area contributed by atoms with Gasteiger partial charge in [-0.25, -0.2) is 0 Å². The van der Waals surface area contributed by atoms with Gasteiger partial charge in [0, 0.05) is 33.0 Å². The van der Waals surface area contributed by atoms with Crippen LogP contribution >= 0.6 is 22.9 Å². The predicted molar refractivity (Wildman–Crippen MR) is 124 cm³/mol. The van der Waals surface area contributed by atoms with E-state index in [0.29, 0.717) is 17.4 Å². The molecule has 0 saturated carbocycles. The molecule has 0 radical (unpaired) electrons. The Balaban J connectivity index is 1.71. The van der Waals surface area contributed by atoms with E-state index in [-0.39, 0.29) is 6.61 Å². The lowest BCUT2D eigenvalue weighted by molar-refractivity contribution is 0.245. The van der Waals surface area contributed by atoms with Crippen molar-refractivity contribution in [1.82, 2.24) is 4.90 Å². The van der Waals surface area contributed by atoms with Crippen LogP contribution in [0.25, 0.3) is 21.6 Å². The summed E-state index contributed by atoms with van der Waals surface area (Å²) in [6.07, 6.45) is 0.951. The van der Waals surface area contributed by atoms with Crippen LogP contribution in [0.4, 0.5) is 0 Å². The number of halogens is 1. The average molecular weight is 444 g/mol. The first kappa shape index (κ1) is 21.2. The van der Waals surface area contributed by atoms with E-state index in [1.54, 1.807) is 0 Å². The first-order chi connectivity index (χ1) is 14.7. The summed E-state index contributed by atoms with van der Waals surface area (Å²) in [5.74, 6) is 2.17. The van der Waals surface area contributed by atoms with Gasteiger partial charge < -0.3 is 19.5 Å². The van der Waals surface area contributed by atoms with Crippen LogP contribution < -0.4 is 9.47 Å². The van der Waals surface area contributed by atoms with Gasteiger partial charge in [0.05, 0.1) is 18.2 Å². The molecule has 3 aromatic rings. The van der Waals surface area contributed by atoms with Crippen molar-refractivity contribution < 1.29 is 14.6 Å². The molecule has 0 bridgehead atoms. The van der Waals surface area contributed by atoms with Crippen molar-refractivity contribution in [2.24, 2.45) is 0 Å². The Labute approximate surface area is 186 Å². The molecular formula is C24H26ClNO3S. The fourth-order valence-electron chi connectivity index (χ4n) is 3.79. The minimum atomic E-state index is -0.0869. The van der Waals surface area contributed by atoms with Crippen molar-refractivity contribution in [3.63, 3.8) is 0 Å². The molecule has 0 saturated heterocycles. The summed E-state index contributed by atoms with van der Waals surface area (Å²) >= 11 is 8.17. The molecule has 0 aliphatic carbocycles. The summed E-state index contributed by atoms with van der Waals surface area (Å²) in [4.78, 5) is 4.14. The monoisotopic (exact) mass is 443 g/mol. The molecule has 0 atom stereocenters. The van der Waals surface area contributed by atoms with Crippen LogP contribution in [0.15, 0.2) is 42.5 Å². The fourth-order valence-corrected chi connectivity index (χ4v) is 5.30. The molecule has 30 heavy (non-hydrogen) atoms. The third-order valence-corrected chi connectivity index (χ3v) is 7.16. The number of para-hydroxylation sites is 2. The smallest absolute Gasteiger partial charge is 0.177 e. The van der Waals surface area contributed by atoms with Crippen molar-refractivity contribution in [2.45, 2.75) is 26.9 Å². The van der Waals surface area contributed by atoms with Gasteiger partial charge in [-0.2, -0.15) is 0 Å². The number of benzene rings is 2. The van der Waals surface area contributed by atoms with Crippen molar-refractivity contribution in [1.29, 1.82) is 0 Å². The number of aliphatic hydroxyl groups excluding tert-OH is 1. The molecule has 2 heterocycles. The molecular weight excluding hydrogens is 418 g/mol. The normalized spacial score (nSPS) is 12.0. The quantitative estimate of drug-likeness (QED) is 0.318. The molecule has 1 aliphatic heterocycles. The van der Waals surface area contributed by atoms with Crippen LogP contribution in [0.3, 0.4) is 0 Å². The van der Waals surface area contributed by atoms with Crippen molar-refractivity contribution in [3.05, 3.63) is 52.4 Å². The fraction of sp³-hybridized carbons (Fsp3) is 0.333. The Morgan fingerprint density at radius 1 is 1.07 bits per heavy atom. The molecule has 158 valence electrons. The molecule has 6 heteroatoms. The zero-order valence-electron chi connectivity index (χ0n) is 17.3. The largest absolute Gasteiger partial charge is 0.490 e. The van der Waals surface area contributed by atoms with Crippen molar-refractivity contribution in [2.75, 3.05) is 26.2 Å². The predicted octanol–water partition coefficient (Wildman–Crippen LogP) is 6.44. The van der Waals surface area contributed by atoms with Crippen molar-refractivity contribution >= 4 is 22.9 Å². The summed E-state index contributed by atoms with van der Waals surface area (Å²) in [6.45, 7) is 8.00. The van der Waals surface area contributed by atoms with Crippen LogP contribution in [0.2, 0.25) is 5.02 Å². The molecule has 1 aliphatic rings. The molecule has 0 spiro atoms. The molecule has 1 aromatic heterocycles. The van der Waals surface area contributed by atoms with Gasteiger partial charge in [0.15, 0.2) is 11.5 Å². The Morgan fingerprint density at radius 2 is 1.83 bits per heavy atom. The zero-order chi connectivity index (χ0) is 21.1. The summed E-state index contributed by atoms with van der Waals surface area (Å²) in [6, 6.07) is 13.8. The summed E-state index contributed by atoms with van der Waals surface area (Å²) in [5, 5.41) is 10.4. The Kier molecular flexibility index (Phi) is 6.64. The van der Waals surface area contributed by atoms with E-state index >= 15 is 0 Å². The number of aliphatic hydroxyl groups is 1. The second-order valence-electron chi connectivity index (χ2n) is 7.16. The lowest BCUT2D eigenvalue weighted by Gasteiger charge is -2.18. The minimum Gasteiger partial charge on any atom is -0.490 e. The first-order valence-electron chi connectivity index (χ1n) is 10.4. The van der Waals surface area contributed by atoms with E-state index in [9.17, 15) is 5.11 Å². The minimum absolute atomic E-state index is 0.0869. The van der Waals surface area contributed by atoms with Gasteiger partial charge in [0.1, 0.15) is 5.75 Å². The third-order valence-electron chi connectivity index (χ3n) is 5.42. The maximum atomic E-state index is 9.78. The maximum Gasteiger partial charge on any atom is 0.177 e. The second-order valence-corrected chi connectivity index (χ2v) is 8.64. The highest BCUT2D eigenvalue weighted by atomic mass is 35.5. The molecule has 2 aromatic carbocycles. The lowest BCUT2D eigenvalue weighted by Crippen LogP contribution is -2.25. The number of ether oxygens (including phenoxy) is 2. The van der Waals surface area contributed by atoms with E-state index in [2.05, 4.69) is 18.7 Å². The van der Waals surface area contributed by atoms with Gasteiger partial charge in [-0.3, -0.25) is 0 Å². The number of thiophene rings is 1. The van der Waals surface area contributed by atoms with Gasteiger partial charge in [0.2, 0.25) is 0 Å². The average Bonchev–Trinajstić information content (AvgIpc) is 3.03. The van der Waals surface area contributed by atoms with Gasteiger partial charge in [0.25, 0.3) is 0 Å².